The number of anilines is 1. The molecule has 1 aliphatic rings. The van der Waals surface area contributed by atoms with Crippen LogP contribution in [0.5, 0.6) is 0 Å². The minimum atomic E-state index is -0.158. The van der Waals surface area contributed by atoms with Crippen molar-refractivity contribution < 1.29 is 9.59 Å². The second-order valence-corrected chi connectivity index (χ2v) is 5.22. The van der Waals surface area contributed by atoms with Crippen LogP contribution in [0.1, 0.15) is 37.4 Å². The highest BCUT2D eigenvalue weighted by atomic mass is 16.2. The first-order chi connectivity index (χ1) is 9.52. The van der Waals surface area contributed by atoms with Crippen molar-refractivity contribution in [3.05, 3.63) is 11.3 Å². The molecule has 2 heterocycles. The zero-order valence-electron chi connectivity index (χ0n) is 12.4. The third-order valence-electron chi connectivity index (χ3n) is 3.73. The topological polar surface area (TPSA) is 67.2 Å². The first-order valence-electron chi connectivity index (χ1n) is 7.13. The molecule has 1 aromatic heterocycles. The summed E-state index contributed by atoms with van der Waals surface area (Å²) in [5.41, 5.74) is 1.98. The van der Waals surface area contributed by atoms with Crippen LogP contribution in [0, 0.1) is 6.92 Å². The van der Waals surface area contributed by atoms with E-state index in [1.54, 1.807) is 9.58 Å². The maximum absolute atomic E-state index is 12.1. The molecule has 0 saturated carbocycles. The van der Waals surface area contributed by atoms with Gasteiger partial charge in [-0.25, -0.2) is 0 Å². The molecule has 0 aliphatic carbocycles. The molecule has 0 atom stereocenters. The summed E-state index contributed by atoms with van der Waals surface area (Å²) in [7, 11) is 1.81. The van der Waals surface area contributed by atoms with Crippen LogP contribution in [-0.4, -0.2) is 39.6 Å². The lowest BCUT2D eigenvalue weighted by molar-refractivity contribution is -0.136. The van der Waals surface area contributed by atoms with E-state index >= 15 is 0 Å². The zero-order valence-corrected chi connectivity index (χ0v) is 12.4. The molecule has 0 spiro atoms. The molecule has 20 heavy (non-hydrogen) atoms. The summed E-state index contributed by atoms with van der Waals surface area (Å²) in [6.45, 7) is 4.79. The van der Waals surface area contributed by atoms with Crippen molar-refractivity contribution in [1.82, 2.24) is 14.7 Å². The molecule has 1 fully saturated rings. The molecule has 110 valence electrons. The van der Waals surface area contributed by atoms with Crippen LogP contribution in [-0.2, 0) is 23.1 Å². The quantitative estimate of drug-likeness (QED) is 0.901. The predicted molar refractivity (Wildman–Crippen MR) is 76.4 cm³/mol. The fourth-order valence-electron chi connectivity index (χ4n) is 2.57. The average Bonchev–Trinajstić information content (AvgIpc) is 2.69. The summed E-state index contributed by atoms with van der Waals surface area (Å²) in [5, 5.41) is 7.23. The Hall–Kier alpha value is -1.85. The van der Waals surface area contributed by atoms with Gasteiger partial charge in [0.2, 0.25) is 11.8 Å². The Bertz CT molecular complexity index is 521. The first kappa shape index (κ1) is 14.6. The van der Waals surface area contributed by atoms with Gasteiger partial charge >= 0.3 is 0 Å². The lowest BCUT2D eigenvalue weighted by Crippen LogP contribution is -2.41. The predicted octanol–water partition coefficient (Wildman–Crippen LogP) is 1.24. The van der Waals surface area contributed by atoms with Crippen molar-refractivity contribution in [2.45, 2.75) is 39.5 Å². The number of aryl methyl sites for hydroxylation is 2. The van der Waals surface area contributed by atoms with Crippen molar-refractivity contribution >= 4 is 17.6 Å². The number of nitrogens with one attached hydrogen (secondary N) is 1. The molecule has 0 bridgehead atoms. The minimum absolute atomic E-state index is 0.0716. The van der Waals surface area contributed by atoms with Gasteiger partial charge in [0, 0.05) is 25.6 Å². The van der Waals surface area contributed by atoms with Crippen molar-refractivity contribution in [1.29, 1.82) is 0 Å². The normalized spacial score (nSPS) is 15.6. The van der Waals surface area contributed by atoms with Gasteiger partial charge in [-0.05, 0) is 26.2 Å². The Morgan fingerprint density at radius 3 is 2.75 bits per heavy atom. The van der Waals surface area contributed by atoms with E-state index in [1.807, 2.05) is 20.9 Å². The Labute approximate surface area is 119 Å². The van der Waals surface area contributed by atoms with Crippen LogP contribution in [0.25, 0.3) is 0 Å². The number of likely N-dealkylation sites (tertiary alicyclic amines) is 1. The number of piperidine rings is 1. The molecule has 6 nitrogen and oxygen atoms in total. The lowest BCUT2D eigenvalue weighted by Gasteiger charge is -2.26. The van der Waals surface area contributed by atoms with Crippen molar-refractivity contribution in [3.8, 4) is 0 Å². The number of nitrogens with zero attached hydrogens (tertiary/aromatic N) is 3. The van der Waals surface area contributed by atoms with Gasteiger partial charge in [-0.1, -0.05) is 6.92 Å². The van der Waals surface area contributed by atoms with Crippen LogP contribution in [0.2, 0.25) is 0 Å². The maximum atomic E-state index is 12.1. The van der Waals surface area contributed by atoms with Crippen LogP contribution < -0.4 is 5.32 Å². The molecular weight excluding hydrogens is 256 g/mol. The van der Waals surface area contributed by atoms with E-state index in [-0.39, 0.29) is 18.4 Å². The number of hydrogen-bond donors (Lipinski definition) is 1. The smallest absolute Gasteiger partial charge is 0.245 e. The van der Waals surface area contributed by atoms with Crippen molar-refractivity contribution in [2.24, 2.45) is 7.05 Å². The van der Waals surface area contributed by atoms with Gasteiger partial charge in [-0.15, -0.1) is 0 Å². The number of hydrogen-bond acceptors (Lipinski definition) is 3. The Kier molecular flexibility index (Phi) is 4.42. The van der Waals surface area contributed by atoms with Crippen LogP contribution in [0.3, 0.4) is 0 Å². The molecule has 2 rings (SSSR count). The van der Waals surface area contributed by atoms with E-state index in [1.165, 1.54) is 0 Å². The van der Waals surface area contributed by atoms with Gasteiger partial charge < -0.3 is 10.2 Å². The Morgan fingerprint density at radius 2 is 2.15 bits per heavy atom. The second kappa shape index (κ2) is 6.07. The number of rotatable bonds is 4. The fourth-order valence-corrected chi connectivity index (χ4v) is 2.57. The van der Waals surface area contributed by atoms with Gasteiger partial charge in [0.1, 0.15) is 5.82 Å². The molecule has 1 N–H and O–H groups in total. The van der Waals surface area contributed by atoms with Crippen molar-refractivity contribution in [2.75, 3.05) is 18.4 Å². The van der Waals surface area contributed by atoms with E-state index < -0.39 is 0 Å². The van der Waals surface area contributed by atoms with Gasteiger partial charge in [-0.3, -0.25) is 14.3 Å². The fraction of sp³-hybridized carbons (Fsp3) is 0.643. The summed E-state index contributed by atoms with van der Waals surface area (Å²) in [6.07, 6.45) is 3.29. The highest BCUT2D eigenvalue weighted by Crippen LogP contribution is 2.18. The molecule has 1 aromatic rings. The van der Waals surface area contributed by atoms with Gasteiger partial charge in [-0.2, -0.15) is 5.10 Å². The zero-order chi connectivity index (χ0) is 14.7. The number of carbonyl (C=O) groups excluding carboxylic acids is 2. The minimum Gasteiger partial charge on any atom is -0.333 e. The monoisotopic (exact) mass is 278 g/mol. The van der Waals surface area contributed by atoms with Crippen LogP contribution in [0.15, 0.2) is 0 Å². The molecule has 0 aromatic carbocycles. The molecule has 6 heteroatoms. The molecule has 2 amide bonds. The van der Waals surface area contributed by atoms with E-state index in [9.17, 15) is 9.59 Å². The van der Waals surface area contributed by atoms with Gasteiger partial charge in [0.05, 0.1) is 12.2 Å². The number of aromatic nitrogens is 2. The summed E-state index contributed by atoms with van der Waals surface area (Å²) in [5.74, 6) is 0.632. The highest BCUT2D eigenvalue weighted by molar-refractivity contribution is 5.94. The summed E-state index contributed by atoms with van der Waals surface area (Å²) < 4.78 is 1.68. The number of amides is 2. The summed E-state index contributed by atoms with van der Waals surface area (Å²) >= 11 is 0. The Morgan fingerprint density at radius 1 is 1.40 bits per heavy atom. The third-order valence-corrected chi connectivity index (χ3v) is 3.73. The van der Waals surface area contributed by atoms with Crippen LogP contribution >= 0.6 is 0 Å². The third kappa shape index (κ3) is 3.00. The maximum Gasteiger partial charge on any atom is 0.245 e. The van der Waals surface area contributed by atoms with Gasteiger partial charge in [0.15, 0.2) is 0 Å². The molecule has 1 aliphatic heterocycles. The average molecular weight is 278 g/mol. The second-order valence-electron chi connectivity index (χ2n) is 5.22. The Balaban J connectivity index is 2.01. The highest BCUT2D eigenvalue weighted by Gasteiger charge is 2.21. The summed E-state index contributed by atoms with van der Waals surface area (Å²) in [4.78, 5) is 25.4. The molecular formula is C14H22N4O2. The number of carbonyl (C=O) groups is 2. The van der Waals surface area contributed by atoms with E-state index in [2.05, 4.69) is 10.4 Å². The van der Waals surface area contributed by atoms with Crippen LogP contribution in [0.4, 0.5) is 5.82 Å². The van der Waals surface area contributed by atoms with Gasteiger partial charge in [0.25, 0.3) is 0 Å². The summed E-state index contributed by atoms with van der Waals surface area (Å²) in [6, 6.07) is 0. The molecule has 0 unspecified atom stereocenters. The first-order valence-corrected chi connectivity index (χ1v) is 7.13. The lowest BCUT2D eigenvalue weighted by atomic mass is 10.1. The van der Waals surface area contributed by atoms with Crippen molar-refractivity contribution in [3.63, 3.8) is 0 Å². The molecule has 0 radical (unpaired) electrons. The largest absolute Gasteiger partial charge is 0.333 e. The van der Waals surface area contributed by atoms with E-state index in [4.69, 9.17) is 0 Å². The standard InChI is InChI=1S/C14H22N4O2/c1-4-11-10(2)14(17(3)16-11)15-12(19)9-18-8-6-5-7-13(18)20/h4-9H2,1-3H3,(H,15,19). The van der Waals surface area contributed by atoms with E-state index in [0.29, 0.717) is 13.0 Å². The van der Waals surface area contributed by atoms with E-state index in [0.717, 1.165) is 36.3 Å². The SMILES string of the molecule is CCc1nn(C)c(NC(=O)CN2CCCCC2=O)c1C. The molecule has 1 saturated heterocycles.